The van der Waals surface area contributed by atoms with Gasteiger partial charge >= 0.3 is 0 Å². The van der Waals surface area contributed by atoms with E-state index in [0.717, 1.165) is 25.6 Å². The van der Waals surface area contributed by atoms with E-state index in [0.29, 0.717) is 12.6 Å². The predicted molar refractivity (Wildman–Crippen MR) is 64.0 cm³/mol. The monoisotopic (exact) mass is 214 g/mol. The van der Waals surface area contributed by atoms with Gasteiger partial charge in [0.05, 0.1) is 5.60 Å². The highest BCUT2D eigenvalue weighted by molar-refractivity contribution is 4.87. The third-order valence-electron chi connectivity index (χ3n) is 3.11. The first kappa shape index (κ1) is 12.9. The van der Waals surface area contributed by atoms with Gasteiger partial charge in [0.25, 0.3) is 0 Å². The Morgan fingerprint density at radius 3 is 2.80 bits per heavy atom. The van der Waals surface area contributed by atoms with Crippen molar-refractivity contribution in [1.29, 1.82) is 0 Å². The molecular weight excluding hydrogens is 188 g/mol. The summed E-state index contributed by atoms with van der Waals surface area (Å²) in [5.74, 6) is 0.735. The van der Waals surface area contributed by atoms with Crippen molar-refractivity contribution in [1.82, 2.24) is 10.2 Å². The third-order valence-corrected chi connectivity index (χ3v) is 3.11. The van der Waals surface area contributed by atoms with Crippen LogP contribution in [0.3, 0.4) is 0 Å². The zero-order chi connectivity index (χ0) is 11.5. The summed E-state index contributed by atoms with van der Waals surface area (Å²) in [6.07, 6.45) is 1.21. The first-order valence-corrected chi connectivity index (χ1v) is 6.08. The average molecular weight is 214 g/mol. The average Bonchev–Trinajstić information content (AvgIpc) is 2.22. The normalized spacial score (nSPS) is 34.4. The Morgan fingerprint density at radius 2 is 2.20 bits per heavy atom. The summed E-state index contributed by atoms with van der Waals surface area (Å²) in [7, 11) is 0. The molecule has 15 heavy (non-hydrogen) atoms. The van der Waals surface area contributed by atoms with Crippen LogP contribution in [0.15, 0.2) is 0 Å². The Balaban J connectivity index is 2.50. The minimum Gasteiger partial charge on any atom is -0.388 e. The number of hydrogen-bond donors (Lipinski definition) is 2. The van der Waals surface area contributed by atoms with Crippen LogP contribution >= 0.6 is 0 Å². The van der Waals surface area contributed by atoms with Gasteiger partial charge in [-0.1, -0.05) is 13.8 Å². The molecule has 1 fully saturated rings. The first-order valence-electron chi connectivity index (χ1n) is 6.08. The van der Waals surface area contributed by atoms with Crippen LogP contribution in [0.1, 0.15) is 34.1 Å². The highest BCUT2D eigenvalue weighted by atomic mass is 16.3. The van der Waals surface area contributed by atoms with Gasteiger partial charge in [-0.25, -0.2) is 0 Å². The SMILES string of the molecule is CC(C)CCN1CC(C)(O)CNCC1C. The lowest BCUT2D eigenvalue weighted by atomic mass is 10.1. The summed E-state index contributed by atoms with van der Waals surface area (Å²) in [6, 6.07) is 0.526. The van der Waals surface area contributed by atoms with Crippen LogP contribution < -0.4 is 5.32 Å². The van der Waals surface area contributed by atoms with Gasteiger partial charge < -0.3 is 10.4 Å². The lowest BCUT2D eigenvalue weighted by Gasteiger charge is -2.31. The van der Waals surface area contributed by atoms with E-state index in [1.54, 1.807) is 0 Å². The van der Waals surface area contributed by atoms with Crippen LogP contribution in [-0.4, -0.2) is 47.8 Å². The first-order chi connectivity index (χ1) is 6.91. The van der Waals surface area contributed by atoms with E-state index in [4.69, 9.17) is 0 Å². The van der Waals surface area contributed by atoms with E-state index < -0.39 is 5.60 Å². The van der Waals surface area contributed by atoms with Crippen LogP contribution in [0.2, 0.25) is 0 Å². The molecule has 1 aliphatic rings. The molecule has 3 nitrogen and oxygen atoms in total. The van der Waals surface area contributed by atoms with Gasteiger partial charge in [-0.15, -0.1) is 0 Å². The minimum absolute atomic E-state index is 0.526. The smallest absolute Gasteiger partial charge is 0.0869 e. The van der Waals surface area contributed by atoms with E-state index >= 15 is 0 Å². The number of nitrogens with one attached hydrogen (secondary N) is 1. The van der Waals surface area contributed by atoms with Gasteiger partial charge in [0, 0.05) is 25.7 Å². The minimum atomic E-state index is -0.582. The second-order valence-corrected chi connectivity index (χ2v) is 5.63. The predicted octanol–water partition coefficient (Wildman–Crippen LogP) is 1.08. The van der Waals surface area contributed by atoms with E-state index in [9.17, 15) is 5.11 Å². The number of hydrogen-bond acceptors (Lipinski definition) is 3. The lowest BCUT2D eigenvalue weighted by molar-refractivity contribution is 0.0251. The lowest BCUT2D eigenvalue weighted by Crippen LogP contribution is -2.45. The van der Waals surface area contributed by atoms with Gasteiger partial charge in [-0.05, 0) is 32.7 Å². The van der Waals surface area contributed by atoms with Crippen molar-refractivity contribution >= 4 is 0 Å². The molecule has 0 saturated carbocycles. The standard InChI is InChI=1S/C12H26N2O/c1-10(2)5-6-14-9-12(4,15)8-13-7-11(14)3/h10-11,13,15H,5-9H2,1-4H3. The van der Waals surface area contributed by atoms with Crippen LogP contribution in [0.25, 0.3) is 0 Å². The number of β-amino-alcohol motifs (C(OH)–C–C–N with tert-alkyl or cyclic N) is 1. The molecule has 0 bridgehead atoms. The third kappa shape index (κ3) is 4.49. The molecule has 0 spiro atoms. The molecule has 3 heteroatoms. The maximum Gasteiger partial charge on any atom is 0.0869 e. The van der Waals surface area contributed by atoms with Crippen molar-refractivity contribution in [2.24, 2.45) is 5.92 Å². The highest BCUT2D eigenvalue weighted by Crippen LogP contribution is 2.14. The maximum atomic E-state index is 10.1. The molecule has 1 saturated heterocycles. The zero-order valence-corrected chi connectivity index (χ0v) is 10.6. The molecule has 2 unspecified atom stereocenters. The van der Waals surface area contributed by atoms with E-state index in [2.05, 4.69) is 31.0 Å². The van der Waals surface area contributed by atoms with Gasteiger partial charge in [-0.2, -0.15) is 0 Å². The quantitative estimate of drug-likeness (QED) is 0.738. The number of aliphatic hydroxyl groups is 1. The largest absolute Gasteiger partial charge is 0.388 e. The van der Waals surface area contributed by atoms with Crippen molar-refractivity contribution in [3.8, 4) is 0 Å². The van der Waals surface area contributed by atoms with Crippen molar-refractivity contribution in [3.05, 3.63) is 0 Å². The maximum absolute atomic E-state index is 10.1. The molecule has 1 aliphatic heterocycles. The van der Waals surface area contributed by atoms with Gasteiger partial charge in [0.15, 0.2) is 0 Å². The van der Waals surface area contributed by atoms with Crippen molar-refractivity contribution in [3.63, 3.8) is 0 Å². The molecule has 0 radical (unpaired) electrons. The van der Waals surface area contributed by atoms with E-state index in [1.165, 1.54) is 6.42 Å². The fourth-order valence-electron chi connectivity index (χ4n) is 2.05. The molecule has 2 atom stereocenters. The Bertz CT molecular complexity index is 192. The van der Waals surface area contributed by atoms with Crippen LogP contribution in [0, 0.1) is 5.92 Å². The molecule has 1 rings (SSSR count). The van der Waals surface area contributed by atoms with Crippen molar-refractivity contribution < 1.29 is 5.11 Å². The fourth-order valence-corrected chi connectivity index (χ4v) is 2.05. The van der Waals surface area contributed by atoms with E-state index in [1.807, 2.05) is 6.92 Å². The van der Waals surface area contributed by atoms with Crippen molar-refractivity contribution in [2.45, 2.75) is 45.8 Å². The Labute approximate surface area is 93.9 Å². The summed E-state index contributed by atoms with van der Waals surface area (Å²) in [6.45, 7) is 12.2. The Kier molecular flexibility index (Phi) is 4.56. The van der Waals surface area contributed by atoms with Crippen LogP contribution in [-0.2, 0) is 0 Å². The molecule has 0 aliphatic carbocycles. The number of nitrogens with zero attached hydrogens (tertiary/aromatic N) is 1. The molecule has 90 valence electrons. The Morgan fingerprint density at radius 1 is 1.53 bits per heavy atom. The summed E-state index contributed by atoms with van der Waals surface area (Å²) < 4.78 is 0. The van der Waals surface area contributed by atoms with Gasteiger partial charge in [-0.3, -0.25) is 4.90 Å². The van der Waals surface area contributed by atoms with Crippen molar-refractivity contribution in [2.75, 3.05) is 26.2 Å². The van der Waals surface area contributed by atoms with Crippen LogP contribution in [0.4, 0.5) is 0 Å². The van der Waals surface area contributed by atoms with Gasteiger partial charge in [0.2, 0.25) is 0 Å². The summed E-state index contributed by atoms with van der Waals surface area (Å²) in [5, 5.41) is 13.4. The summed E-state index contributed by atoms with van der Waals surface area (Å²) in [4.78, 5) is 2.40. The molecule has 0 aromatic heterocycles. The Hall–Kier alpha value is -0.120. The highest BCUT2D eigenvalue weighted by Gasteiger charge is 2.29. The van der Waals surface area contributed by atoms with Gasteiger partial charge in [0.1, 0.15) is 0 Å². The second-order valence-electron chi connectivity index (χ2n) is 5.63. The fraction of sp³-hybridized carbons (Fsp3) is 1.00. The zero-order valence-electron chi connectivity index (χ0n) is 10.6. The molecule has 0 aromatic rings. The molecular formula is C12H26N2O. The van der Waals surface area contributed by atoms with E-state index in [-0.39, 0.29) is 0 Å². The molecule has 2 N–H and O–H groups in total. The topological polar surface area (TPSA) is 35.5 Å². The molecule has 1 heterocycles. The summed E-state index contributed by atoms with van der Waals surface area (Å²) >= 11 is 0. The summed E-state index contributed by atoms with van der Waals surface area (Å²) in [5.41, 5.74) is -0.582. The second kappa shape index (κ2) is 5.28. The molecule has 0 aromatic carbocycles. The number of rotatable bonds is 3. The molecule has 0 amide bonds. The van der Waals surface area contributed by atoms with Crippen LogP contribution in [0.5, 0.6) is 0 Å².